The Labute approximate surface area is 142 Å². The molecular weight excluding hydrogens is 357 g/mol. The summed E-state index contributed by atoms with van der Waals surface area (Å²) < 4.78 is 33.5. The van der Waals surface area contributed by atoms with E-state index in [9.17, 15) is 9.46 Å². The summed E-state index contributed by atoms with van der Waals surface area (Å²) in [4.78, 5) is 31.8. The fraction of sp³-hybridized carbons (Fsp3) is 0.583. The highest BCUT2D eigenvalue weighted by atomic mass is 31.2. The third kappa shape index (κ3) is 3.51. The number of nitrogen functional groups attached to an aromatic ring is 1. The molecule has 1 fully saturated rings. The predicted octanol–water partition coefficient (Wildman–Crippen LogP) is -1.19. The molecule has 2 aromatic rings. The Balaban J connectivity index is 1.92. The van der Waals surface area contributed by atoms with E-state index >= 15 is 0 Å². The van der Waals surface area contributed by atoms with E-state index < -0.39 is 39.0 Å². The monoisotopic (exact) mass is 374 g/mol. The molecule has 0 aromatic carbocycles. The van der Waals surface area contributed by atoms with Gasteiger partial charge in [0.05, 0.1) is 12.9 Å². The molecule has 0 radical (unpaired) electrons. The lowest BCUT2D eigenvalue weighted by Crippen LogP contribution is -2.37. The number of hydrogen-bond donors (Lipinski definition) is 2. The topological polar surface area (TPSA) is 167 Å². The van der Waals surface area contributed by atoms with Gasteiger partial charge in [0, 0.05) is 14.2 Å². The third-order valence-electron chi connectivity index (χ3n) is 3.89. The molecule has 0 spiro atoms. The van der Waals surface area contributed by atoms with Gasteiger partial charge in [0.25, 0.3) is 7.82 Å². The van der Waals surface area contributed by atoms with Crippen LogP contribution in [0.4, 0.5) is 5.82 Å². The van der Waals surface area contributed by atoms with Gasteiger partial charge in [-0.05, 0) is 0 Å². The molecule has 3 N–H and O–H groups in total. The first-order chi connectivity index (χ1) is 11.9. The second kappa shape index (κ2) is 6.92. The summed E-state index contributed by atoms with van der Waals surface area (Å²) in [7, 11) is -2.00. The van der Waals surface area contributed by atoms with Gasteiger partial charge in [-0.3, -0.25) is 9.13 Å². The third-order valence-corrected chi connectivity index (χ3v) is 4.37. The van der Waals surface area contributed by atoms with Crippen LogP contribution in [0.1, 0.15) is 6.23 Å². The van der Waals surface area contributed by atoms with Crippen LogP contribution in [-0.2, 0) is 23.3 Å². The lowest BCUT2D eigenvalue weighted by Gasteiger charge is -2.23. The molecule has 12 nitrogen and oxygen atoms in total. The SMILES string of the molecule is COC1C(COP(=O)([O-])O)OC(n2cnc3c(N)ncnc32)C1OC. The number of nitrogens with two attached hydrogens (primary N) is 1. The van der Waals surface area contributed by atoms with Crippen LogP contribution in [0.3, 0.4) is 0 Å². The standard InChI is InChI=1S/C12H18N5O7P/c1-21-8-6(3-23-25(18,19)20)24-12(9(8)22-2)17-5-16-7-10(13)14-4-15-11(7)17/h4-6,8-9,12H,3H2,1-2H3,(H2,13,14,15)(H2,18,19,20)/p-1. The Kier molecular flexibility index (Phi) is 5.02. The van der Waals surface area contributed by atoms with E-state index in [0.717, 1.165) is 0 Å². The number of ether oxygens (including phenoxy) is 3. The second-order valence-corrected chi connectivity index (χ2v) is 6.51. The van der Waals surface area contributed by atoms with E-state index in [2.05, 4.69) is 19.5 Å². The van der Waals surface area contributed by atoms with Crippen LogP contribution in [0.25, 0.3) is 11.2 Å². The number of nitrogens with zero attached hydrogens (tertiary/aromatic N) is 4. The molecule has 0 saturated carbocycles. The molecule has 25 heavy (non-hydrogen) atoms. The summed E-state index contributed by atoms with van der Waals surface area (Å²) in [6, 6.07) is 0. The Morgan fingerprint density at radius 3 is 2.72 bits per heavy atom. The molecular formula is C12H17N5O7P-. The quantitative estimate of drug-likeness (QED) is 0.584. The van der Waals surface area contributed by atoms with Crippen molar-refractivity contribution in [3.8, 4) is 0 Å². The largest absolute Gasteiger partial charge is 0.756 e. The van der Waals surface area contributed by atoms with Crippen molar-refractivity contribution in [2.75, 3.05) is 26.6 Å². The maximum atomic E-state index is 10.8. The van der Waals surface area contributed by atoms with Gasteiger partial charge in [-0.1, -0.05) is 0 Å². The van der Waals surface area contributed by atoms with Crippen molar-refractivity contribution in [2.24, 2.45) is 0 Å². The Morgan fingerprint density at radius 1 is 1.36 bits per heavy atom. The average Bonchev–Trinajstić information content (AvgIpc) is 3.13. The molecule has 0 amide bonds. The number of rotatable bonds is 6. The minimum Gasteiger partial charge on any atom is -0.756 e. The number of anilines is 1. The number of hydrogen-bond acceptors (Lipinski definition) is 10. The smallest absolute Gasteiger partial charge is 0.265 e. The van der Waals surface area contributed by atoms with E-state index in [1.54, 1.807) is 4.57 Å². The molecule has 1 aliphatic rings. The van der Waals surface area contributed by atoms with Gasteiger partial charge < -0.3 is 34.3 Å². The van der Waals surface area contributed by atoms with Crippen molar-refractivity contribution in [3.05, 3.63) is 12.7 Å². The molecule has 3 heterocycles. The summed E-state index contributed by atoms with van der Waals surface area (Å²) in [5.41, 5.74) is 6.60. The minimum absolute atomic E-state index is 0.214. The summed E-state index contributed by atoms with van der Waals surface area (Å²) in [5, 5.41) is 0. The summed E-state index contributed by atoms with van der Waals surface area (Å²) in [6.45, 7) is -0.435. The normalized spacial score (nSPS) is 29.1. The Bertz CT molecular complexity index is 795. The van der Waals surface area contributed by atoms with Crippen molar-refractivity contribution in [1.82, 2.24) is 19.5 Å². The number of methoxy groups -OCH3 is 2. The molecule has 13 heteroatoms. The second-order valence-electron chi connectivity index (χ2n) is 5.31. The van der Waals surface area contributed by atoms with Gasteiger partial charge in [0.15, 0.2) is 17.7 Å². The molecule has 138 valence electrons. The number of phosphoric acid groups is 1. The van der Waals surface area contributed by atoms with Crippen molar-refractivity contribution in [3.63, 3.8) is 0 Å². The van der Waals surface area contributed by atoms with Gasteiger partial charge in [-0.2, -0.15) is 0 Å². The number of imidazole rings is 1. The Morgan fingerprint density at radius 2 is 2.08 bits per heavy atom. The van der Waals surface area contributed by atoms with Crippen molar-refractivity contribution < 1.29 is 33.1 Å². The first-order valence-corrected chi connectivity index (χ1v) is 8.67. The molecule has 1 aliphatic heterocycles. The fourth-order valence-corrected chi connectivity index (χ4v) is 3.16. The molecule has 2 aromatic heterocycles. The van der Waals surface area contributed by atoms with Crippen LogP contribution in [-0.4, -0.2) is 63.6 Å². The van der Waals surface area contributed by atoms with Crippen LogP contribution in [0, 0.1) is 0 Å². The highest BCUT2D eigenvalue weighted by molar-refractivity contribution is 7.44. The highest BCUT2D eigenvalue weighted by Crippen LogP contribution is 2.38. The van der Waals surface area contributed by atoms with Crippen LogP contribution in [0.15, 0.2) is 12.7 Å². The molecule has 5 atom stereocenters. The van der Waals surface area contributed by atoms with E-state index in [0.29, 0.717) is 11.2 Å². The average molecular weight is 374 g/mol. The zero-order valence-electron chi connectivity index (χ0n) is 13.4. The summed E-state index contributed by atoms with van der Waals surface area (Å²) >= 11 is 0. The van der Waals surface area contributed by atoms with Gasteiger partial charge in [0.2, 0.25) is 0 Å². The maximum Gasteiger partial charge on any atom is 0.265 e. The van der Waals surface area contributed by atoms with Gasteiger partial charge in [0.1, 0.15) is 30.2 Å². The predicted molar refractivity (Wildman–Crippen MR) is 81.0 cm³/mol. The lowest BCUT2D eigenvalue weighted by atomic mass is 10.1. The Hall–Kier alpha value is -1.66. The van der Waals surface area contributed by atoms with E-state index in [1.165, 1.54) is 26.9 Å². The van der Waals surface area contributed by atoms with Gasteiger partial charge >= 0.3 is 0 Å². The van der Waals surface area contributed by atoms with Crippen molar-refractivity contribution in [1.29, 1.82) is 0 Å². The molecule has 0 bridgehead atoms. The molecule has 5 unspecified atom stereocenters. The first kappa shape index (κ1) is 18.1. The van der Waals surface area contributed by atoms with E-state index in [-0.39, 0.29) is 5.82 Å². The van der Waals surface area contributed by atoms with Crippen molar-refractivity contribution >= 4 is 24.8 Å². The zero-order chi connectivity index (χ0) is 18.2. The fourth-order valence-electron chi connectivity index (χ4n) is 2.83. The summed E-state index contributed by atoms with van der Waals surface area (Å²) in [6.07, 6.45) is -0.0541. The van der Waals surface area contributed by atoms with Crippen molar-refractivity contribution in [2.45, 2.75) is 24.5 Å². The van der Waals surface area contributed by atoms with Crippen LogP contribution in [0.5, 0.6) is 0 Å². The minimum atomic E-state index is -4.89. The summed E-state index contributed by atoms with van der Waals surface area (Å²) in [5.74, 6) is 0.214. The number of aromatic nitrogens is 4. The molecule has 1 saturated heterocycles. The van der Waals surface area contributed by atoms with Crippen LogP contribution < -0.4 is 10.6 Å². The molecule has 3 rings (SSSR count). The zero-order valence-corrected chi connectivity index (χ0v) is 14.3. The lowest BCUT2D eigenvalue weighted by molar-refractivity contribution is -0.223. The van der Waals surface area contributed by atoms with E-state index in [4.69, 9.17) is 24.8 Å². The first-order valence-electron chi connectivity index (χ1n) is 7.18. The van der Waals surface area contributed by atoms with Gasteiger partial charge in [-0.25, -0.2) is 15.0 Å². The van der Waals surface area contributed by atoms with E-state index in [1.807, 2.05) is 0 Å². The van der Waals surface area contributed by atoms with Crippen LogP contribution >= 0.6 is 7.82 Å². The number of fused-ring (bicyclic) bond motifs is 1. The maximum absolute atomic E-state index is 10.8. The highest BCUT2D eigenvalue weighted by Gasteiger charge is 2.47. The van der Waals surface area contributed by atoms with Crippen LogP contribution in [0.2, 0.25) is 0 Å². The molecule has 0 aliphatic carbocycles. The number of phosphoric ester groups is 1. The van der Waals surface area contributed by atoms with Gasteiger partial charge in [-0.15, -0.1) is 0 Å².